The smallest absolute Gasteiger partial charge is 0.315 e. The van der Waals surface area contributed by atoms with Crippen LogP contribution < -0.4 is 15.4 Å². The first kappa shape index (κ1) is 17.1. The summed E-state index contributed by atoms with van der Waals surface area (Å²) in [5.74, 6) is 1.78. The SMILES string of the molecule is COc1ccc(C(NC(=O)NC2CCC(CO)CC2)C2CC2)cc1. The molecule has 0 radical (unpaired) electrons. The van der Waals surface area contributed by atoms with Gasteiger partial charge in [0, 0.05) is 12.6 Å². The molecule has 2 saturated carbocycles. The van der Waals surface area contributed by atoms with Crippen molar-refractivity contribution in [3.63, 3.8) is 0 Å². The van der Waals surface area contributed by atoms with Gasteiger partial charge in [0.25, 0.3) is 0 Å². The molecule has 3 N–H and O–H groups in total. The number of carbonyl (C=O) groups excluding carboxylic acids is 1. The van der Waals surface area contributed by atoms with Crippen molar-refractivity contribution in [1.82, 2.24) is 10.6 Å². The second-order valence-corrected chi connectivity index (χ2v) is 7.11. The first-order chi connectivity index (χ1) is 11.7. The molecule has 24 heavy (non-hydrogen) atoms. The molecule has 1 unspecified atom stereocenters. The number of ether oxygens (including phenoxy) is 1. The largest absolute Gasteiger partial charge is 0.497 e. The van der Waals surface area contributed by atoms with Crippen molar-refractivity contribution < 1.29 is 14.6 Å². The van der Waals surface area contributed by atoms with Gasteiger partial charge in [0.15, 0.2) is 0 Å². The lowest BCUT2D eigenvalue weighted by molar-refractivity contribution is 0.174. The van der Waals surface area contributed by atoms with Crippen molar-refractivity contribution in [2.45, 2.75) is 50.6 Å². The maximum Gasteiger partial charge on any atom is 0.315 e. The molecule has 2 aliphatic rings. The summed E-state index contributed by atoms with van der Waals surface area (Å²) in [6, 6.07) is 8.19. The molecule has 1 aromatic rings. The van der Waals surface area contributed by atoms with E-state index in [2.05, 4.69) is 10.6 Å². The second-order valence-electron chi connectivity index (χ2n) is 7.11. The number of aliphatic hydroxyl groups is 1. The van der Waals surface area contributed by atoms with Crippen molar-refractivity contribution in [2.75, 3.05) is 13.7 Å². The molecule has 2 fully saturated rings. The zero-order valence-electron chi connectivity index (χ0n) is 14.3. The van der Waals surface area contributed by atoms with Gasteiger partial charge in [-0.25, -0.2) is 4.79 Å². The number of benzene rings is 1. The zero-order valence-corrected chi connectivity index (χ0v) is 14.3. The Morgan fingerprint density at radius 1 is 1.17 bits per heavy atom. The third kappa shape index (κ3) is 4.41. The molecular weight excluding hydrogens is 304 g/mol. The highest BCUT2D eigenvalue weighted by Crippen LogP contribution is 2.41. The second kappa shape index (κ2) is 7.88. The Kier molecular flexibility index (Phi) is 5.61. The molecule has 0 aromatic heterocycles. The van der Waals surface area contributed by atoms with E-state index < -0.39 is 0 Å². The molecule has 0 aliphatic heterocycles. The standard InChI is InChI=1S/C19H28N2O3/c1-24-17-10-6-15(7-11-17)18(14-4-5-14)21-19(23)20-16-8-2-13(12-22)3-9-16/h6-7,10-11,13-14,16,18,22H,2-5,8-9,12H2,1H3,(H2,20,21,23). The lowest BCUT2D eigenvalue weighted by Crippen LogP contribution is -2.45. The Morgan fingerprint density at radius 2 is 1.83 bits per heavy atom. The average molecular weight is 332 g/mol. The Bertz CT molecular complexity index is 534. The van der Waals surface area contributed by atoms with Crippen LogP contribution in [-0.2, 0) is 0 Å². The maximum absolute atomic E-state index is 12.4. The Balaban J connectivity index is 1.54. The van der Waals surface area contributed by atoms with Gasteiger partial charge in [-0.3, -0.25) is 0 Å². The van der Waals surface area contributed by atoms with E-state index in [4.69, 9.17) is 4.74 Å². The summed E-state index contributed by atoms with van der Waals surface area (Å²) in [5, 5.41) is 15.5. The van der Waals surface area contributed by atoms with Crippen LogP contribution in [0.2, 0.25) is 0 Å². The van der Waals surface area contributed by atoms with Gasteiger partial charge in [0.2, 0.25) is 0 Å². The summed E-state index contributed by atoms with van der Waals surface area (Å²) in [6.07, 6.45) is 6.22. The fraction of sp³-hybridized carbons (Fsp3) is 0.632. The van der Waals surface area contributed by atoms with Gasteiger partial charge in [-0.1, -0.05) is 12.1 Å². The van der Waals surface area contributed by atoms with Crippen LogP contribution in [0.15, 0.2) is 24.3 Å². The third-order valence-corrected chi connectivity index (χ3v) is 5.30. The monoisotopic (exact) mass is 332 g/mol. The van der Waals surface area contributed by atoms with Crippen LogP contribution in [0.5, 0.6) is 5.75 Å². The molecular formula is C19H28N2O3. The van der Waals surface area contributed by atoms with E-state index in [9.17, 15) is 9.90 Å². The summed E-state index contributed by atoms with van der Waals surface area (Å²) < 4.78 is 5.21. The number of aliphatic hydroxyl groups excluding tert-OH is 1. The van der Waals surface area contributed by atoms with E-state index in [1.165, 1.54) is 12.8 Å². The number of rotatable bonds is 6. The van der Waals surface area contributed by atoms with E-state index >= 15 is 0 Å². The molecule has 1 atom stereocenters. The van der Waals surface area contributed by atoms with E-state index in [-0.39, 0.29) is 24.7 Å². The van der Waals surface area contributed by atoms with E-state index in [1.54, 1.807) is 7.11 Å². The van der Waals surface area contributed by atoms with Gasteiger partial charge < -0.3 is 20.5 Å². The van der Waals surface area contributed by atoms with Crippen molar-refractivity contribution in [3.05, 3.63) is 29.8 Å². The van der Waals surface area contributed by atoms with Crippen LogP contribution in [0.3, 0.4) is 0 Å². The number of carbonyl (C=O) groups is 1. The molecule has 3 rings (SSSR count). The predicted octanol–water partition coefficient (Wildman–Crippen LogP) is 3.00. The lowest BCUT2D eigenvalue weighted by Gasteiger charge is -2.29. The molecule has 0 saturated heterocycles. The minimum atomic E-state index is -0.0739. The van der Waals surface area contributed by atoms with E-state index in [0.717, 1.165) is 37.0 Å². The number of urea groups is 1. The van der Waals surface area contributed by atoms with Crippen molar-refractivity contribution in [3.8, 4) is 5.75 Å². The number of amides is 2. The summed E-state index contributed by atoms with van der Waals surface area (Å²) in [7, 11) is 1.66. The lowest BCUT2D eigenvalue weighted by atomic mass is 9.87. The highest BCUT2D eigenvalue weighted by atomic mass is 16.5. The molecule has 5 heteroatoms. The van der Waals surface area contributed by atoms with E-state index in [1.807, 2.05) is 24.3 Å². The topological polar surface area (TPSA) is 70.6 Å². The van der Waals surface area contributed by atoms with Crippen LogP contribution in [0.1, 0.15) is 50.1 Å². The zero-order chi connectivity index (χ0) is 16.9. The van der Waals surface area contributed by atoms with E-state index in [0.29, 0.717) is 11.8 Å². The minimum Gasteiger partial charge on any atom is -0.497 e. The fourth-order valence-electron chi connectivity index (χ4n) is 3.57. The molecule has 2 aliphatic carbocycles. The Morgan fingerprint density at radius 3 is 2.38 bits per heavy atom. The highest BCUT2D eigenvalue weighted by Gasteiger charge is 2.34. The van der Waals surface area contributed by atoms with Gasteiger partial charge in [0.1, 0.15) is 5.75 Å². The van der Waals surface area contributed by atoms with Crippen molar-refractivity contribution in [1.29, 1.82) is 0 Å². The van der Waals surface area contributed by atoms with Crippen molar-refractivity contribution >= 4 is 6.03 Å². The molecule has 5 nitrogen and oxygen atoms in total. The third-order valence-electron chi connectivity index (χ3n) is 5.30. The first-order valence-corrected chi connectivity index (χ1v) is 9.01. The summed E-state index contributed by atoms with van der Waals surface area (Å²) in [4.78, 5) is 12.4. The van der Waals surface area contributed by atoms with Crippen LogP contribution in [-0.4, -0.2) is 30.9 Å². The summed E-state index contributed by atoms with van der Waals surface area (Å²) >= 11 is 0. The number of nitrogens with one attached hydrogen (secondary N) is 2. The minimum absolute atomic E-state index is 0.0738. The summed E-state index contributed by atoms with van der Waals surface area (Å²) in [5.41, 5.74) is 1.14. The Labute approximate surface area is 143 Å². The Hall–Kier alpha value is -1.75. The van der Waals surface area contributed by atoms with Gasteiger partial charge in [0.05, 0.1) is 13.2 Å². The highest BCUT2D eigenvalue weighted by molar-refractivity contribution is 5.75. The molecule has 0 bridgehead atoms. The number of hydrogen-bond acceptors (Lipinski definition) is 3. The van der Waals surface area contributed by atoms with Crippen LogP contribution in [0.25, 0.3) is 0 Å². The number of methoxy groups -OCH3 is 1. The first-order valence-electron chi connectivity index (χ1n) is 9.01. The molecule has 0 heterocycles. The fourth-order valence-corrected chi connectivity index (χ4v) is 3.57. The van der Waals surface area contributed by atoms with Gasteiger partial charge in [-0.15, -0.1) is 0 Å². The molecule has 132 valence electrons. The maximum atomic E-state index is 12.4. The molecule has 0 spiro atoms. The van der Waals surface area contributed by atoms with Crippen molar-refractivity contribution in [2.24, 2.45) is 11.8 Å². The summed E-state index contributed by atoms with van der Waals surface area (Å²) in [6.45, 7) is 0.264. The normalized spacial score (nSPS) is 24.9. The molecule has 1 aromatic carbocycles. The van der Waals surface area contributed by atoms with Crippen LogP contribution >= 0.6 is 0 Å². The molecule has 2 amide bonds. The van der Waals surface area contributed by atoms with Crippen LogP contribution in [0.4, 0.5) is 4.79 Å². The average Bonchev–Trinajstić information content (AvgIpc) is 3.45. The van der Waals surface area contributed by atoms with Gasteiger partial charge in [-0.2, -0.15) is 0 Å². The van der Waals surface area contributed by atoms with Gasteiger partial charge >= 0.3 is 6.03 Å². The number of hydrogen-bond donors (Lipinski definition) is 3. The predicted molar refractivity (Wildman–Crippen MR) is 93.0 cm³/mol. The quantitative estimate of drug-likeness (QED) is 0.750. The van der Waals surface area contributed by atoms with Crippen LogP contribution in [0, 0.1) is 11.8 Å². The van der Waals surface area contributed by atoms with Gasteiger partial charge in [-0.05, 0) is 68.1 Å².